The van der Waals surface area contributed by atoms with Crippen LogP contribution >= 0.6 is 0 Å². The van der Waals surface area contributed by atoms with Gasteiger partial charge in [0.15, 0.2) is 0 Å². The maximum atomic E-state index is 2.40. The van der Waals surface area contributed by atoms with E-state index < -0.39 is 0 Å². The van der Waals surface area contributed by atoms with Gasteiger partial charge >= 0.3 is 0 Å². The zero-order valence-corrected chi connectivity index (χ0v) is 23.5. The molecule has 0 radical (unpaired) electrons. The van der Waals surface area contributed by atoms with Crippen LogP contribution in [0.1, 0.15) is 47.2 Å². The van der Waals surface area contributed by atoms with Crippen molar-refractivity contribution in [1.29, 1.82) is 0 Å². The Morgan fingerprint density at radius 3 is 1.66 bits per heavy atom. The zero-order valence-electron chi connectivity index (χ0n) is 23.5. The van der Waals surface area contributed by atoms with E-state index in [4.69, 9.17) is 0 Å². The van der Waals surface area contributed by atoms with Crippen LogP contribution < -0.4 is 0 Å². The van der Waals surface area contributed by atoms with Crippen LogP contribution in [-0.4, -0.2) is 0 Å². The molecule has 41 heavy (non-hydrogen) atoms. The third-order valence-electron chi connectivity index (χ3n) is 8.45. The van der Waals surface area contributed by atoms with Gasteiger partial charge < -0.3 is 0 Å². The monoisotopic (exact) mass is 524 g/mol. The summed E-state index contributed by atoms with van der Waals surface area (Å²) in [6, 6.07) is 48.4. The predicted octanol–water partition coefficient (Wildman–Crippen LogP) is 11.2. The fraction of sp³-hybridized carbons (Fsp3) is 0.0732. The number of fused-ring (bicyclic) bond motifs is 4. The van der Waals surface area contributed by atoms with Gasteiger partial charge in [0.2, 0.25) is 0 Å². The summed E-state index contributed by atoms with van der Waals surface area (Å²) >= 11 is 0. The second-order valence-electron chi connectivity index (χ2n) is 11.5. The Hall–Kier alpha value is -4.94. The fourth-order valence-corrected chi connectivity index (χ4v) is 6.09. The Labute approximate surface area is 243 Å². The molecule has 0 saturated carbocycles. The van der Waals surface area contributed by atoms with Crippen molar-refractivity contribution in [2.24, 2.45) is 0 Å². The fourth-order valence-electron chi connectivity index (χ4n) is 6.09. The van der Waals surface area contributed by atoms with Crippen molar-refractivity contribution >= 4 is 35.1 Å². The first kappa shape index (κ1) is 25.1. The Kier molecular flexibility index (Phi) is 6.25. The summed E-state index contributed by atoms with van der Waals surface area (Å²) in [7, 11) is 0. The summed E-state index contributed by atoms with van der Waals surface area (Å²) in [5.74, 6) is 0. The van der Waals surface area contributed by atoms with E-state index in [9.17, 15) is 0 Å². The first-order valence-corrected chi connectivity index (χ1v) is 14.3. The van der Waals surface area contributed by atoms with Crippen LogP contribution in [0.3, 0.4) is 0 Å². The number of benzene rings is 6. The van der Waals surface area contributed by atoms with Crippen LogP contribution in [0, 0.1) is 0 Å². The molecule has 0 bridgehead atoms. The van der Waals surface area contributed by atoms with Crippen LogP contribution in [0.15, 0.2) is 133 Å². The van der Waals surface area contributed by atoms with E-state index in [0.29, 0.717) is 0 Å². The van der Waals surface area contributed by atoms with Crippen LogP contribution in [0.5, 0.6) is 0 Å². The molecule has 7 rings (SSSR count). The van der Waals surface area contributed by atoms with E-state index in [1.54, 1.807) is 0 Å². The average Bonchev–Trinajstić information content (AvgIpc) is 3.25. The van der Waals surface area contributed by atoms with Crippen LogP contribution in [-0.2, 0) is 5.41 Å². The van der Waals surface area contributed by atoms with Crippen LogP contribution in [0.4, 0.5) is 0 Å². The lowest BCUT2D eigenvalue weighted by Crippen LogP contribution is -2.15. The highest BCUT2D eigenvalue weighted by Crippen LogP contribution is 2.50. The summed E-state index contributed by atoms with van der Waals surface area (Å²) in [5.41, 5.74) is 12.8. The lowest BCUT2D eigenvalue weighted by molar-refractivity contribution is 0.660. The number of hydrogen-bond acceptors (Lipinski definition) is 0. The molecule has 196 valence electrons. The molecular formula is C41H32. The summed E-state index contributed by atoms with van der Waals surface area (Å²) < 4.78 is 0. The Morgan fingerprint density at radius 2 is 0.902 bits per heavy atom. The predicted molar refractivity (Wildman–Crippen MR) is 178 cm³/mol. The molecule has 0 fully saturated rings. The minimum Gasteiger partial charge on any atom is -0.0622 e. The van der Waals surface area contributed by atoms with E-state index in [2.05, 4.69) is 172 Å². The summed E-state index contributed by atoms with van der Waals surface area (Å²) in [6.45, 7) is 4.71. The summed E-state index contributed by atoms with van der Waals surface area (Å²) in [5, 5.41) is 2.54. The molecule has 0 saturated heterocycles. The van der Waals surface area contributed by atoms with E-state index >= 15 is 0 Å². The third-order valence-corrected chi connectivity index (χ3v) is 8.45. The van der Waals surface area contributed by atoms with Gasteiger partial charge in [-0.2, -0.15) is 0 Å². The Morgan fingerprint density at radius 1 is 0.390 bits per heavy atom. The van der Waals surface area contributed by atoms with Crippen LogP contribution in [0.2, 0.25) is 0 Å². The van der Waals surface area contributed by atoms with E-state index in [1.165, 1.54) is 66.4 Å². The van der Waals surface area contributed by atoms with Gasteiger partial charge in [-0.05, 0) is 78.5 Å². The van der Waals surface area contributed by atoms with Crippen molar-refractivity contribution in [1.82, 2.24) is 0 Å². The highest BCUT2D eigenvalue weighted by Gasteiger charge is 2.35. The number of rotatable bonds is 5. The SMILES string of the molecule is CC1(C)c2cc(C=Cc3ccccc3)ccc2-c2ccc(-c3ccc(C=Cc4ccc5ccccc5c4)cc3)cc21. The van der Waals surface area contributed by atoms with E-state index in [0.717, 1.165) is 0 Å². The van der Waals surface area contributed by atoms with Gasteiger partial charge in [-0.1, -0.05) is 159 Å². The van der Waals surface area contributed by atoms with Crippen molar-refractivity contribution in [3.63, 3.8) is 0 Å². The normalized spacial score (nSPS) is 13.6. The standard InChI is InChI=1S/C41H32/c1-41(2)39-27-32(15-12-29-8-4-3-5-9-29)19-24-37(39)38-25-23-36(28-40(38)41)34-20-16-30(17-21-34)13-14-31-18-22-33-10-6-7-11-35(33)26-31/h3-28H,1-2H3. The molecule has 0 atom stereocenters. The molecule has 0 amide bonds. The van der Waals surface area contributed by atoms with E-state index in [1.807, 2.05) is 0 Å². The van der Waals surface area contributed by atoms with Gasteiger partial charge in [-0.15, -0.1) is 0 Å². The maximum absolute atomic E-state index is 2.40. The molecule has 0 unspecified atom stereocenters. The van der Waals surface area contributed by atoms with Crippen molar-refractivity contribution in [2.45, 2.75) is 19.3 Å². The Balaban J connectivity index is 1.13. The minimum atomic E-state index is -0.0557. The smallest absolute Gasteiger partial charge is 0.0159 e. The summed E-state index contributed by atoms with van der Waals surface area (Å²) in [6.07, 6.45) is 8.80. The first-order chi connectivity index (χ1) is 20.0. The van der Waals surface area contributed by atoms with Gasteiger partial charge in [0, 0.05) is 5.41 Å². The molecule has 0 nitrogen and oxygen atoms in total. The van der Waals surface area contributed by atoms with Crippen LogP contribution in [0.25, 0.3) is 57.3 Å². The molecule has 0 heteroatoms. The minimum absolute atomic E-state index is 0.0557. The molecule has 1 aliphatic carbocycles. The van der Waals surface area contributed by atoms with Gasteiger partial charge in [0.25, 0.3) is 0 Å². The zero-order chi connectivity index (χ0) is 27.8. The molecule has 0 aromatic heterocycles. The maximum Gasteiger partial charge on any atom is 0.0159 e. The second-order valence-corrected chi connectivity index (χ2v) is 11.5. The molecule has 0 N–H and O–H groups in total. The van der Waals surface area contributed by atoms with Crippen molar-refractivity contribution < 1.29 is 0 Å². The quantitative estimate of drug-likeness (QED) is 0.197. The second kappa shape index (κ2) is 10.2. The molecule has 0 aliphatic heterocycles. The first-order valence-electron chi connectivity index (χ1n) is 14.3. The van der Waals surface area contributed by atoms with Crippen molar-refractivity contribution in [3.8, 4) is 22.3 Å². The van der Waals surface area contributed by atoms with Crippen molar-refractivity contribution in [2.75, 3.05) is 0 Å². The van der Waals surface area contributed by atoms with Gasteiger partial charge in [0.1, 0.15) is 0 Å². The molecule has 0 spiro atoms. The Bertz CT molecular complexity index is 1930. The highest BCUT2D eigenvalue weighted by molar-refractivity contribution is 5.87. The molecular weight excluding hydrogens is 492 g/mol. The molecule has 1 aliphatic rings. The summed E-state index contributed by atoms with van der Waals surface area (Å²) in [4.78, 5) is 0. The van der Waals surface area contributed by atoms with E-state index in [-0.39, 0.29) is 5.41 Å². The largest absolute Gasteiger partial charge is 0.0622 e. The topological polar surface area (TPSA) is 0 Å². The lowest BCUT2D eigenvalue weighted by Gasteiger charge is -2.22. The van der Waals surface area contributed by atoms with Crippen molar-refractivity contribution in [3.05, 3.63) is 167 Å². The molecule has 6 aromatic carbocycles. The third kappa shape index (κ3) is 4.83. The van der Waals surface area contributed by atoms with Gasteiger partial charge in [-0.3, -0.25) is 0 Å². The average molecular weight is 525 g/mol. The van der Waals surface area contributed by atoms with Gasteiger partial charge in [-0.25, -0.2) is 0 Å². The number of hydrogen-bond donors (Lipinski definition) is 0. The molecule has 0 heterocycles. The highest BCUT2D eigenvalue weighted by atomic mass is 14.4. The molecule has 6 aromatic rings. The van der Waals surface area contributed by atoms with Gasteiger partial charge in [0.05, 0.1) is 0 Å². The lowest BCUT2D eigenvalue weighted by atomic mass is 9.81.